The average molecular weight is 242 g/mol. The Morgan fingerprint density at radius 3 is 2.50 bits per heavy atom. The normalized spacial score (nSPS) is 11.7. The van der Waals surface area contributed by atoms with Gasteiger partial charge in [0.05, 0.1) is 16.2 Å². The fourth-order valence-electron chi connectivity index (χ4n) is 1.36. The van der Waals surface area contributed by atoms with Gasteiger partial charge in [0, 0.05) is 0 Å². The first-order valence-corrected chi connectivity index (χ1v) is 6.54. The predicted octanol–water partition coefficient (Wildman–Crippen LogP) is 1.81. The number of rotatable bonds is 4. The van der Waals surface area contributed by atoms with Crippen molar-refractivity contribution < 1.29 is 18.3 Å². The van der Waals surface area contributed by atoms with Crippen molar-refractivity contribution in [3.63, 3.8) is 0 Å². The lowest BCUT2D eigenvalue weighted by Crippen LogP contribution is -2.12. The van der Waals surface area contributed by atoms with E-state index in [1.807, 2.05) is 0 Å². The molecule has 0 unspecified atom stereocenters. The van der Waals surface area contributed by atoms with Crippen LogP contribution < -0.4 is 0 Å². The van der Waals surface area contributed by atoms with Crippen molar-refractivity contribution in [3.05, 3.63) is 29.8 Å². The summed E-state index contributed by atoms with van der Waals surface area (Å²) in [5, 5.41) is 8.76. The third-order valence-electron chi connectivity index (χ3n) is 1.99. The minimum absolute atomic E-state index is 0.00942. The van der Waals surface area contributed by atoms with E-state index in [2.05, 4.69) is 0 Å². The number of carbonyl (C=O) groups is 1. The van der Waals surface area contributed by atoms with E-state index in [1.54, 1.807) is 13.8 Å². The third kappa shape index (κ3) is 3.06. The van der Waals surface area contributed by atoms with E-state index in [1.165, 1.54) is 24.3 Å². The molecule has 1 rings (SSSR count). The lowest BCUT2D eigenvalue weighted by Gasteiger charge is -2.07. The van der Waals surface area contributed by atoms with Crippen LogP contribution in [0.1, 0.15) is 24.2 Å². The molecule has 4 nitrogen and oxygen atoms in total. The van der Waals surface area contributed by atoms with Gasteiger partial charge in [0.15, 0.2) is 9.84 Å². The van der Waals surface area contributed by atoms with Crippen LogP contribution in [0.25, 0.3) is 0 Å². The summed E-state index contributed by atoms with van der Waals surface area (Å²) in [7, 11) is -3.38. The van der Waals surface area contributed by atoms with E-state index in [-0.39, 0.29) is 22.1 Å². The van der Waals surface area contributed by atoms with Crippen LogP contribution in [0.5, 0.6) is 0 Å². The Morgan fingerprint density at radius 1 is 1.38 bits per heavy atom. The van der Waals surface area contributed by atoms with E-state index in [0.717, 1.165) is 0 Å². The van der Waals surface area contributed by atoms with Gasteiger partial charge in [-0.05, 0) is 24.1 Å². The van der Waals surface area contributed by atoms with Gasteiger partial charge >= 0.3 is 5.97 Å². The topological polar surface area (TPSA) is 71.4 Å². The Balaban J connectivity index is 3.14. The summed E-state index contributed by atoms with van der Waals surface area (Å²) in [5.41, 5.74) is -0.00942. The number of sulfone groups is 1. The number of benzene rings is 1. The van der Waals surface area contributed by atoms with E-state index in [9.17, 15) is 13.2 Å². The summed E-state index contributed by atoms with van der Waals surface area (Å²) in [6, 6.07) is 5.43. The minimum Gasteiger partial charge on any atom is -0.478 e. The summed E-state index contributed by atoms with van der Waals surface area (Å²) in [6.45, 7) is 3.61. The summed E-state index contributed by atoms with van der Waals surface area (Å²) in [4.78, 5) is 10.8. The first-order chi connectivity index (χ1) is 7.33. The zero-order valence-electron chi connectivity index (χ0n) is 9.17. The third-order valence-corrected chi connectivity index (χ3v) is 4.07. The van der Waals surface area contributed by atoms with Gasteiger partial charge in [-0.1, -0.05) is 19.9 Å². The molecule has 0 atom stereocenters. The van der Waals surface area contributed by atoms with Crippen LogP contribution in [0, 0.1) is 5.92 Å². The molecule has 5 heteroatoms. The number of carboxylic acid groups (broad SMARTS) is 1. The van der Waals surface area contributed by atoms with Gasteiger partial charge in [-0.15, -0.1) is 0 Å². The smallest absolute Gasteiger partial charge is 0.335 e. The molecule has 1 N–H and O–H groups in total. The summed E-state index contributed by atoms with van der Waals surface area (Å²) >= 11 is 0. The van der Waals surface area contributed by atoms with Crippen molar-refractivity contribution in [1.82, 2.24) is 0 Å². The van der Waals surface area contributed by atoms with Crippen molar-refractivity contribution in [3.8, 4) is 0 Å². The Hall–Kier alpha value is -1.36. The van der Waals surface area contributed by atoms with Crippen molar-refractivity contribution >= 4 is 15.8 Å². The first-order valence-electron chi connectivity index (χ1n) is 4.89. The Bertz CT molecular complexity index is 488. The highest BCUT2D eigenvalue weighted by Crippen LogP contribution is 2.15. The Labute approximate surface area is 94.8 Å². The van der Waals surface area contributed by atoms with Gasteiger partial charge < -0.3 is 5.11 Å². The van der Waals surface area contributed by atoms with Crippen molar-refractivity contribution in [2.45, 2.75) is 18.7 Å². The second kappa shape index (κ2) is 4.65. The van der Waals surface area contributed by atoms with Crippen molar-refractivity contribution in [1.29, 1.82) is 0 Å². The van der Waals surface area contributed by atoms with Crippen molar-refractivity contribution in [2.75, 3.05) is 5.75 Å². The fraction of sp³-hybridized carbons (Fsp3) is 0.364. The highest BCUT2D eigenvalue weighted by atomic mass is 32.2. The van der Waals surface area contributed by atoms with Gasteiger partial charge in [0.25, 0.3) is 0 Å². The molecule has 0 aliphatic heterocycles. The first kappa shape index (κ1) is 12.7. The molecule has 0 aromatic heterocycles. The lowest BCUT2D eigenvalue weighted by molar-refractivity contribution is 0.0696. The highest BCUT2D eigenvalue weighted by molar-refractivity contribution is 7.91. The summed E-state index contributed by atoms with van der Waals surface area (Å²) in [6.07, 6.45) is 0. The quantitative estimate of drug-likeness (QED) is 0.874. The number of hydrogen-bond donors (Lipinski definition) is 1. The SMILES string of the molecule is CC(C)CS(=O)(=O)c1cccc(C(=O)O)c1. The van der Waals surface area contributed by atoms with Gasteiger partial charge in [0.1, 0.15) is 0 Å². The Morgan fingerprint density at radius 2 is 2.00 bits per heavy atom. The number of hydrogen-bond acceptors (Lipinski definition) is 3. The van der Waals surface area contributed by atoms with Gasteiger partial charge in [-0.3, -0.25) is 0 Å². The van der Waals surface area contributed by atoms with Gasteiger partial charge in [-0.25, -0.2) is 13.2 Å². The second-order valence-electron chi connectivity index (χ2n) is 4.01. The van der Waals surface area contributed by atoms with Crippen LogP contribution in [-0.4, -0.2) is 25.2 Å². The molecule has 0 saturated heterocycles. The zero-order valence-corrected chi connectivity index (χ0v) is 9.99. The molecule has 0 spiro atoms. The van der Waals surface area contributed by atoms with Crippen LogP contribution in [0.2, 0.25) is 0 Å². The van der Waals surface area contributed by atoms with Gasteiger partial charge in [-0.2, -0.15) is 0 Å². The predicted molar refractivity (Wildman–Crippen MR) is 60.3 cm³/mol. The lowest BCUT2D eigenvalue weighted by atomic mass is 10.2. The molecule has 16 heavy (non-hydrogen) atoms. The molecule has 1 aromatic rings. The molecular formula is C11H14O4S. The van der Waals surface area contributed by atoms with E-state index >= 15 is 0 Å². The Kier molecular flexibility index (Phi) is 3.70. The van der Waals surface area contributed by atoms with Crippen LogP contribution >= 0.6 is 0 Å². The molecule has 0 aliphatic carbocycles. The molecule has 88 valence electrons. The largest absolute Gasteiger partial charge is 0.478 e. The van der Waals surface area contributed by atoms with E-state index < -0.39 is 15.8 Å². The maximum atomic E-state index is 11.8. The molecule has 0 radical (unpaired) electrons. The van der Waals surface area contributed by atoms with E-state index in [0.29, 0.717) is 0 Å². The molecule has 0 amide bonds. The second-order valence-corrected chi connectivity index (χ2v) is 6.04. The molecular weight excluding hydrogens is 228 g/mol. The minimum atomic E-state index is -3.38. The van der Waals surface area contributed by atoms with E-state index in [4.69, 9.17) is 5.11 Å². The molecule has 0 fully saturated rings. The number of aromatic carboxylic acids is 1. The van der Waals surface area contributed by atoms with Crippen LogP contribution in [-0.2, 0) is 9.84 Å². The fourth-order valence-corrected chi connectivity index (χ4v) is 3.02. The highest BCUT2D eigenvalue weighted by Gasteiger charge is 2.17. The molecule has 0 bridgehead atoms. The molecule has 1 aromatic carbocycles. The molecule has 0 saturated carbocycles. The maximum absolute atomic E-state index is 11.8. The standard InChI is InChI=1S/C11H14O4S/c1-8(2)7-16(14,15)10-5-3-4-9(6-10)11(12)13/h3-6,8H,7H2,1-2H3,(H,12,13). The zero-order chi connectivity index (χ0) is 12.3. The monoisotopic (exact) mass is 242 g/mol. The van der Waals surface area contributed by atoms with Gasteiger partial charge in [0.2, 0.25) is 0 Å². The number of carboxylic acids is 1. The maximum Gasteiger partial charge on any atom is 0.335 e. The van der Waals surface area contributed by atoms with Crippen LogP contribution in [0.15, 0.2) is 29.2 Å². The molecule has 0 heterocycles. The average Bonchev–Trinajstić information content (AvgIpc) is 2.16. The van der Waals surface area contributed by atoms with Crippen LogP contribution in [0.3, 0.4) is 0 Å². The summed E-state index contributed by atoms with van der Waals surface area (Å²) in [5.74, 6) is -1.09. The van der Waals surface area contributed by atoms with Crippen LogP contribution in [0.4, 0.5) is 0 Å². The molecule has 0 aliphatic rings. The van der Waals surface area contributed by atoms with Crippen molar-refractivity contribution in [2.24, 2.45) is 5.92 Å². The summed E-state index contributed by atoms with van der Waals surface area (Å²) < 4.78 is 23.6.